The fraction of sp³-hybridized carbons (Fsp3) is 0.320. The van der Waals surface area contributed by atoms with Gasteiger partial charge >= 0.3 is 0 Å². The van der Waals surface area contributed by atoms with Gasteiger partial charge < -0.3 is 15.1 Å². The zero-order valence-electron chi connectivity index (χ0n) is 18.6. The van der Waals surface area contributed by atoms with Gasteiger partial charge in [0.25, 0.3) is 5.91 Å². The van der Waals surface area contributed by atoms with E-state index < -0.39 is 5.82 Å². The Morgan fingerprint density at radius 2 is 1.79 bits per heavy atom. The van der Waals surface area contributed by atoms with Crippen LogP contribution in [-0.2, 0) is 4.79 Å². The van der Waals surface area contributed by atoms with Gasteiger partial charge in [0.1, 0.15) is 5.82 Å². The van der Waals surface area contributed by atoms with Crippen molar-refractivity contribution >= 4 is 23.3 Å². The Bertz CT molecular complexity index is 1160. The predicted molar refractivity (Wildman–Crippen MR) is 125 cm³/mol. The molecule has 3 aromatic rings. The second-order valence-electron chi connectivity index (χ2n) is 8.69. The number of rotatable bonds is 5. The molecule has 9 heteroatoms. The highest BCUT2D eigenvalue weighted by molar-refractivity contribution is 5.95. The van der Waals surface area contributed by atoms with Crippen LogP contribution >= 0.6 is 0 Å². The average molecular weight is 461 g/mol. The minimum Gasteiger partial charge on any atom is -0.353 e. The number of hydrogen-bond donors (Lipinski definition) is 1. The largest absolute Gasteiger partial charge is 0.353 e. The van der Waals surface area contributed by atoms with Crippen LogP contribution in [0.5, 0.6) is 0 Å². The fourth-order valence-electron chi connectivity index (χ4n) is 4.44. The van der Waals surface area contributed by atoms with Gasteiger partial charge in [-0.25, -0.2) is 4.39 Å². The van der Waals surface area contributed by atoms with E-state index in [4.69, 9.17) is 0 Å². The monoisotopic (exact) mass is 460 g/mol. The molecule has 0 saturated carbocycles. The Labute approximate surface area is 196 Å². The van der Waals surface area contributed by atoms with Crippen molar-refractivity contribution in [2.24, 2.45) is 5.92 Å². The summed E-state index contributed by atoms with van der Waals surface area (Å²) in [5.41, 5.74) is 1.72. The Morgan fingerprint density at radius 3 is 2.47 bits per heavy atom. The van der Waals surface area contributed by atoms with Gasteiger partial charge in [-0.15, -0.1) is 5.10 Å². The molecule has 2 amide bonds. The van der Waals surface area contributed by atoms with Gasteiger partial charge in [-0.2, -0.15) is 5.10 Å². The Balaban J connectivity index is 1.11. The van der Waals surface area contributed by atoms with Crippen molar-refractivity contribution in [1.82, 2.24) is 20.1 Å². The van der Waals surface area contributed by atoms with Crippen LogP contribution < -0.4 is 10.2 Å². The van der Waals surface area contributed by atoms with Gasteiger partial charge in [-0.3, -0.25) is 14.6 Å². The summed E-state index contributed by atoms with van der Waals surface area (Å²) in [6.45, 7) is 2.34. The van der Waals surface area contributed by atoms with Crippen molar-refractivity contribution in [1.29, 1.82) is 0 Å². The van der Waals surface area contributed by atoms with Gasteiger partial charge in [-0.05, 0) is 49.2 Å². The third-order valence-electron chi connectivity index (χ3n) is 6.49. The van der Waals surface area contributed by atoms with E-state index in [0.29, 0.717) is 31.9 Å². The normalized spacial score (nSPS) is 16.7. The number of nitrogens with zero attached hydrogens (tertiary/aromatic N) is 5. The van der Waals surface area contributed by atoms with Crippen LogP contribution in [0.25, 0.3) is 0 Å². The Hall–Kier alpha value is -3.88. The van der Waals surface area contributed by atoms with Crippen molar-refractivity contribution in [3.63, 3.8) is 0 Å². The molecule has 8 nitrogen and oxygen atoms in total. The number of likely N-dealkylation sites (tertiary alicyclic amines) is 1. The summed E-state index contributed by atoms with van der Waals surface area (Å²) in [6.07, 6.45) is 4.83. The highest BCUT2D eigenvalue weighted by Gasteiger charge is 2.33. The molecule has 1 N–H and O–H groups in total. The summed E-state index contributed by atoms with van der Waals surface area (Å²) in [6, 6.07) is 13.6. The third-order valence-corrected chi connectivity index (χ3v) is 6.49. The summed E-state index contributed by atoms with van der Waals surface area (Å²) in [5, 5.41) is 10.9. The lowest BCUT2D eigenvalue weighted by Crippen LogP contribution is -2.52. The third kappa shape index (κ3) is 4.59. The molecule has 0 radical (unpaired) electrons. The number of hydrogen-bond acceptors (Lipinski definition) is 6. The van der Waals surface area contributed by atoms with Crippen LogP contribution in [0.2, 0.25) is 0 Å². The number of pyridine rings is 1. The minimum absolute atomic E-state index is 0.0327. The maximum Gasteiger partial charge on any atom is 0.256 e. The number of amides is 2. The first-order valence-electron chi connectivity index (χ1n) is 11.4. The van der Waals surface area contributed by atoms with Crippen molar-refractivity contribution < 1.29 is 14.0 Å². The number of nitrogens with one attached hydrogen (secondary N) is 1. The summed E-state index contributed by atoms with van der Waals surface area (Å²) in [7, 11) is 0. The highest BCUT2D eigenvalue weighted by Crippen LogP contribution is 2.29. The number of benzene rings is 1. The van der Waals surface area contributed by atoms with Crippen molar-refractivity contribution in [2.45, 2.75) is 18.8 Å². The van der Waals surface area contributed by atoms with Crippen LogP contribution in [0.1, 0.15) is 34.8 Å². The lowest BCUT2D eigenvalue weighted by Gasteiger charge is -2.38. The highest BCUT2D eigenvalue weighted by atomic mass is 19.1. The number of piperidine rings is 1. The van der Waals surface area contributed by atoms with Gasteiger partial charge in [0.2, 0.25) is 5.91 Å². The van der Waals surface area contributed by atoms with E-state index in [0.717, 1.165) is 24.4 Å². The van der Waals surface area contributed by atoms with Crippen LogP contribution in [0, 0.1) is 11.7 Å². The molecule has 2 aliphatic rings. The molecule has 2 fully saturated rings. The van der Waals surface area contributed by atoms with Gasteiger partial charge in [0.15, 0.2) is 5.82 Å². The predicted octanol–water partition coefficient (Wildman–Crippen LogP) is 3.11. The smallest absolute Gasteiger partial charge is 0.256 e. The van der Waals surface area contributed by atoms with Crippen LogP contribution in [-0.4, -0.2) is 58.1 Å². The standard InChI is InChI=1S/C25H25FN6O2/c26-21-5-2-1-4-20(21)25(34)31-12-9-17(10-13-31)22-8-7-19(14-27-22)29-24(33)18-15-32(16-18)23-6-3-11-28-30-23/h1-8,11,14,17-18H,9-10,12-13,15-16H2,(H,29,33). The topological polar surface area (TPSA) is 91.3 Å². The second kappa shape index (κ2) is 9.54. The van der Waals surface area contributed by atoms with Gasteiger partial charge in [-0.1, -0.05) is 12.1 Å². The SMILES string of the molecule is O=C(Nc1ccc(C2CCN(C(=O)c3ccccc3F)CC2)nc1)C1CN(c2cccnn2)C1. The molecule has 2 saturated heterocycles. The first-order chi connectivity index (χ1) is 16.6. The van der Waals surface area contributed by atoms with E-state index in [9.17, 15) is 14.0 Å². The zero-order valence-corrected chi connectivity index (χ0v) is 18.6. The lowest BCUT2D eigenvalue weighted by molar-refractivity contribution is -0.120. The summed E-state index contributed by atoms with van der Waals surface area (Å²) in [4.78, 5) is 33.4. The van der Waals surface area contributed by atoms with E-state index in [-0.39, 0.29) is 29.2 Å². The van der Waals surface area contributed by atoms with E-state index >= 15 is 0 Å². The quantitative estimate of drug-likeness (QED) is 0.629. The molecule has 0 unspecified atom stereocenters. The molecule has 2 aromatic heterocycles. The molecule has 34 heavy (non-hydrogen) atoms. The molecule has 0 atom stereocenters. The summed E-state index contributed by atoms with van der Waals surface area (Å²) < 4.78 is 13.9. The van der Waals surface area contributed by atoms with Crippen molar-refractivity contribution in [2.75, 3.05) is 36.4 Å². The number of halogens is 1. The Morgan fingerprint density at radius 1 is 1.00 bits per heavy atom. The molecular weight excluding hydrogens is 435 g/mol. The summed E-state index contributed by atoms with van der Waals surface area (Å²) >= 11 is 0. The maximum absolute atomic E-state index is 13.9. The molecule has 1 aromatic carbocycles. The van der Waals surface area contributed by atoms with Gasteiger partial charge in [0, 0.05) is 44.0 Å². The van der Waals surface area contributed by atoms with E-state index in [1.807, 2.05) is 29.2 Å². The van der Waals surface area contributed by atoms with Crippen molar-refractivity contribution in [3.05, 3.63) is 78.0 Å². The first-order valence-corrected chi connectivity index (χ1v) is 11.4. The molecule has 174 valence electrons. The number of aromatic nitrogens is 3. The zero-order chi connectivity index (χ0) is 23.5. The molecular formula is C25H25FN6O2. The fourth-order valence-corrected chi connectivity index (χ4v) is 4.44. The van der Waals surface area contributed by atoms with Crippen LogP contribution in [0.3, 0.4) is 0 Å². The molecule has 5 rings (SSSR count). The molecule has 4 heterocycles. The van der Waals surface area contributed by atoms with E-state index in [2.05, 4.69) is 20.5 Å². The molecule has 0 spiro atoms. The molecule has 0 aliphatic carbocycles. The Kier molecular flexibility index (Phi) is 6.16. The lowest BCUT2D eigenvalue weighted by atomic mass is 9.92. The van der Waals surface area contributed by atoms with E-state index in [1.165, 1.54) is 12.1 Å². The average Bonchev–Trinajstić information content (AvgIpc) is 2.84. The first kappa shape index (κ1) is 21.9. The number of anilines is 2. The molecule has 0 bridgehead atoms. The van der Waals surface area contributed by atoms with Gasteiger partial charge in [0.05, 0.1) is 23.4 Å². The molecule has 2 aliphatic heterocycles. The maximum atomic E-state index is 13.9. The number of carbonyl (C=O) groups is 2. The van der Waals surface area contributed by atoms with Crippen LogP contribution in [0.4, 0.5) is 15.9 Å². The van der Waals surface area contributed by atoms with E-state index in [1.54, 1.807) is 29.4 Å². The second-order valence-corrected chi connectivity index (χ2v) is 8.69. The van der Waals surface area contributed by atoms with Crippen molar-refractivity contribution in [3.8, 4) is 0 Å². The van der Waals surface area contributed by atoms with Crippen LogP contribution in [0.15, 0.2) is 60.9 Å². The summed E-state index contributed by atoms with van der Waals surface area (Å²) in [5.74, 6) is 0.113. The number of carbonyl (C=O) groups excluding carboxylic acids is 2. The minimum atomic E-state index is -0.489.